The van der Waals surface area contributed by atoms with Crippen molar-refractivity contribution in [2.75, 3.05) is 13.7 Å². The summed E-state index contributed by atoms with van der Waals surface area (Å²) in [5, 5.41) is 11.3. The normalized spacial score (nSPS) is 35.7. The Kier molecular flexibility index (Phi) is 10.6. The molecule has 4 fully saturated rings. The van der Waals surface area contributed by atoms with Gasteiger partial charge < -0.3 is 38.3 Å². The molecule has 0 aliphatic carbocycles. The summed E-state index contributed by atoms with van der Waals surface area (Å²) < 4.78 is 45.1. The fraction of sp³-hybridized carbons (Fsp3) is 0.684. The van der Waals surface area contributed by atoms with E-state index in [4.69, 9.17) is 33.2 Å². The molecule has 1 N–H and O–H groups in total. The predicted molar refractivity (Wildman–Crippen MR) is 175 cm³/mol. The molecule has 6 rings (SSSR count). The molecule has 4 heterocycles. The van der Waals surface area contributed by atoms with E-state index in [0.717, 1.165) is 24.8 Å². The highest BCUT2D eigenvalue weighted by molar-refractivity contribution is 5.49. The Hall–Kier alpha value is -1.88. The number of aliphatic hydroxyl groups is 1. The summed E-state index contributed by atoms with van der Waals surface area (Å²) in [5.74, 6) is 0. The molecule has 0 spiro atoms. The van der Waals surface area contributed by atoms with Gasteiger partial charge in [-0.3, -0.25) is 0 Å². The van der Waals surface area contributed by atoms with E-state index in [1.807, 2.05) is 18.2 Å². The Balaban J connectivity index is 1.12. The van der Waals surface area contributed by atoms with E-state index in [1.165, 1.54) is 33.4 Å². The van der Waals surface area contributed by atoms with Gasteiger partial charge in [0.1, 0.15) is 17.8 Å². The van der Waals surface area contributed by atoms with Crippen molar-refractivity contribution in [1.82, 2.24) is 0 Å². The zero-order valence-electron chi connectivity index (χ0n) is 28.8. The van der Waals surface area contributed by atoms with E-state index in [0.29, 0.717) is 39.1 Å². The summed E-state index contributed by atoms with van der Waals surface area (Å²) >= 11 is 0. The molecule has 10 atom stereocenters. The lowest BCUT2D eigenvalue weighted by Crippen LogP contribution is -2.73. The maximum Gasteiger partial charge on any atom is 0.157 e. The highest BCUT2D eigenvalue weighted by Crippen LogP contribution is 2.48. The van der Waals surface area contributed by atoms with Gasteiger partial charge in [0.05, 0.1) is 49.8 Å². The topological polar surface area (TPSA) is 84.8 Å². The van der Waals surface area contributed by atoms with Gasteiger partial charge >= 0.3 is 0 Å². The van der Waals surface area contributed by atoms with Crippen LogP contribution < -0.4 is 0 Å². The SMILES string of the molecule is CO[C@@H]1CC[C@@H]2O[C@@]3(C)[C@H](C[C@H]2O1)O[C@@H]1C[C@H](O)[C@@H](CCCOCc2c(C)c(C)c(C)c(C)c2C)O[C@H]1[C@@H]3OCc1ccccc1. The first-order valence-corrected chi connectivity index (χ1v) is 17.2. The molecular weight excluding hydrogens is 584 g/mol. The van der Waals surface area contributed by atoms with Gasteiger partial charge in [0.25, 0.3) is 0 Å². The van der Waals surface area contributed by atoms with Crippen LogP contribution in [0.15, 0.2) is 30.3 Å². The molecule has 4 saturated heterocycles. The highest BCUT2D eigenvalue weighted by Gasteiger charge is 2.62. The maximum absolute atomic E-state index is 11.3. The van der Waals surface area contributed by atoms with Crippen molar-refractivity contribution in [3.63, 3.8) is 0 Å². The third-order valence-electron chi connectivity index (χ3n) is 11.4. The molecule has 254 valence electrons. The second-order valence-corrected chi connectivity index (χ2v) is 14.1. The standard InChI is InChI=1S/C38H54O8/c1-22-23(2)25(4)28(26(5)24(22)3)21-41-17-11-14-30-29(39)18-33-36(45-30)37(42-20-27-12-9-8-10-13-27)38(6)34(43-33)19-32-31(46-38)15-16-35(40-7)44-32/h8-10,12-13,29-37,39H,11,14-21H2,1-7H3/t29-,30+,31-,32+,33+,34-,35-,36+,37-,38-/m0/s1. The van der Waals surface area contributed by atoms with E-state index < -0.39 is 11.7 Å². The van der Waals surface area contributed by atoms with Crippen LogP contribution in [0.2, 0.25) is 0 Å². The minimum Gasteiger partial charge on any atom is -0.390 e. The fourth-order valence-corrected chi connectivity index (χ4v) is 8.12. The van der Waals surface area contributed by atoms with E-state index in [1.54, 1.807) is 7.11 Å². The van der Waals surface area contributed by atoms with Crippen LogP contribution in [0.5, 0.6) is 0 Å². The minimum absolute atomic E-state index is 0.0638. The van der Waals surface area contributed by atoms with Crippen molar-refractivity contribution in [3.05, 3.63) is 69.3 Å². The second-order valence-electron chi connectivity index (χ2n) is 14.1. The van der Waals surface area contributed by atoms with Gasteiger partial charge in [-0.05, 0) is 99.7 Å². The summed E-state index contributed by atoms with van der Waals surface area (Å²) in [6.45, 7) is 14.7. The van der Waals surface area contributed by atoms with E-state index >= 15 is 0 Å². The predicted octanol–water partition coefficient (Wildman–Crippen LogP) is 6.10. The Morgan fingerprint density at radius 1 is 0.826 bits per heavy atom. The van der Waals surface area contributed by atoms with Crippen LogP contribution in [0.25, 0.3) is 0 Å². The van der Waals surface area contributed by atoms with Gasteiger partial charge in [-0.25, -0.2) is 0 Å². The van der Waals surface area contributed by atoms with Crippen LogP contribution in [0, 0.1) is 34.6 Å². The molecule has 2 aromatic rings. The lowest BCUT2D eigenvalue weighted by molar-refractivity contribution is -0.371. The highest BCUT2D eigenvalue weighted by atomic mass is 16.7. The lowest BCUT2D eigenvalue weighted by atomic mass is 9.75. The van der Waals surface area contributed by atoms with Crippen LogP contribution >= 0.6 is 0 Å². The van der Waals surface area contributed by atoms with Crippen molar-refractivity contribution in [2.24, 2.45) is 0 Å². The number of rotatable bonds is 10. The monoisotopic (exact) mass is 638 g/mol. The molecule has 0 saturated carbocycles. The third kappa shape index (κ3) is 6.70. The summed E-state index contributed by atoms with van der Waals surface area (Å²) in [5.41, 5.74) is 8.34. The van der Waals surface area contributed by atoms with Gasteiger partial charge in [0.2, 0.25) is 0 Å². The van der Waals surface area contributed by atoms with Crippen LogP contribution in [0.1, 0.15) is 84.4 Å². The average molecular weight is 639 g/mol. The van der Waals surface area contributed by atoms with Crippen molar-refractivity contribution >= 4 is 0 Å². The van der Waals surface area contributed by atoms with Gasteiger partial charge in [-0.15, -0.1) is 0 Å². The van der Waals surface area contributed by atoms with Gasteiger partial charge in [0.15, 0.2) is 6.29 Å². The quantitative estimate of drug-likeness (QED) is 0.313. The van der Waals surface area contributed by atoms with Crippen LogP contribution in [0.4, 0.5) is 0 Å². The van der Waals surface area contributed by atoms with Crippen molar-refractivity contribution in [3.8, 4) is 0 Å². The Morgan fingerprint density at radius 3 is 2.26 bits per heavy atom. The first-order valence-electron chi connectivity index (χ1n) is 17.2. The van der Waals surface area contributed by atoms with Crippen molar-refractivity contribution < 1.29 is 38.3 Å². The minimum atomic E-state index is -0.726. The Morgan fingerprint density at radius 2 is 1.54 bits per heavy atom. The zero-order valence-corrected chi connectivity index (χ0v) is 28.8. The second kappa shape index (κ2) is 14.3. The summed E-state index contributed by atoms with van der Waals surface area (Å²) in [7, 11) is 1.69. The van der Waals surface area contributed by atoms with E-state index in [9.17, 15) is 5.11 Å². The molecule has 8 nitrogen and oxygen atoms in total. The molecule has 0 unspecified atom stereocenters. The van der Waals surface area contributed by atoms with Crippen molar-refractivity contribution in [2.45, 2.75) is 154 Å². The number of aliphatic hydroxyl groups excluding tert-OH is 1. The number of benzene rings is 2. The van der Waals surface area contributed by atoms with Crippen LogP contribution in [0.3, 0.4) is 0 Å². The molecule has 46 heavy (non-hydrogen) atoms. The van der Waals surface area contributed by atoms with Gasteiger partial charge in [-0.2, -0.15) is 0 Å². The first-order chi connectivity index (χ1) is 22.1. The van der Waals surface area contributed by atoms with Gasteiger partial charge in [-0.1, -0.05) is 30.3 Å². The number of methoxy groups -OCH3 is 1. The molecule has 0 bridgehead atoms. The molecular formula is C38H54O8. The molecule has 2 aromatic carbocycles. The number of ether oxygens (including phenoxy) is 7. The largest absolute Gasteiger partial charge is 0.390 e. The fourth-order valence-electron chi connectivity index (χ4n) is 8.12. The van der Waals surface area contributed by atoms with Gasteiger partial charge in [0, 0.05) is 33.0 Å². The third-order valence-corrected chi connectivity index (χ3v) is 11.4. The first kappa shape index (κ1) is 34.0. The maximum atomic E-state index is 11.3. The molecule has 0 radical (unpaired) electrons. The van der Waals surface area contributed by atoms with Crippen LogP contribution in [-0.2, 0) is 46.4 Å². The van der Waals surface area contributed by atoms with Crippen molar-refractivity contribution in [1.29, 1.82) is 0 Å². The Labute approximate surface area is 275 Å². The molecule has 4 aliphatic rings. The smallest absolute Gasteiger partial charge is 0.157 e. The van der Waals surface area contributed by atoms with E-state index in [-0.39, 0.29) is 49.0 Å². The average Bonchev–Trinajstić information content (AvgIpc) is 3.06. The molecule has 0 aromatic heterocycles. The number of fused-ring (bicyclic) bond motifs is 3. The Bertz CT molecular complexity index is 1300. The molecule has 4 aliphatic heterocycles. The molecule has 0 amide bonds. The lowest BCUT2D eigenvalue weighted by Gasteiger charge is -2.59. The van der Waals surface area contributed by atoms with Crippen LogP contribution in [-0.4, -0.2) is 79.5 Å². The summed E-state index contributed by atoms with van der Waals surface area (Å²) in [6, 6.07) is 10.2. The van der Waals surface area contributed by atoms with E-state index in [2.05, 4.69) is 53.7 Å². The number of hydrogen-bond donors (Lipinski definition) is 1. The number of hydrogen-bond acceptors (Lipinski definition) is 8. The summed E-state index contributed by atoms with van der Waals surface area (Å²) in [6.07, 6.45) is 1.64. The summed E-state index contributed by atoms with van der Waals surface area (Å²) in [4.78, 5) is 0. The molecule has 8 heteroatoms. The zero-order chi connectivity index (χ0) is 32.6.